The standard InChI is InChI=1S/C10H20ClNO2S/c1-9(6-11)8-15(13,14)12-7-10-4-2-3-5-10/h9-10,12H,2-8H2,1H3. The first-order valence-electron chi connectivity index (χ1n) is 5.57. The Morgan fingerprint density at radius 1 is 1.40 bits per heavy atom. The minimum Gasteiger partial charge on any atom is -0.215 e. The fraction of sp³-hybridized carbons (Fsp3) is 1.00. The fourth-order valence-electron chi connectivity index (χ4n) is 1.94. The molecule has 0 heterocycles. The van der Waals surface area contributed by atoms with Crippen molar-refractivity contribution in [2.75, 3.05) is 18.2 Å². The van der Waals surface area contributed by atoms with Gasteiger partial charge in [-0.15, -0.1) is 11.6 Å². The van der Waals surface area contributed by atoms with E-state index in [1.54, 1.807) is 0 Å². The van der Waals surface area contributed by atoms with Crippen LogP contribution in [0.5, 0.6) is 0 Å². The number of nitrogens with one attached hydrogen (secondary N) is 1. The van der Waals surface area contributed by atoms with Crippen molar-refractivity contribution in [1.82, 2.24) is 4.72 Å². The van der Waals surface area contributed by atoms with E-state index < -0.39 is 10.0 Å². The summed E-state index contributed by atoms with van der Waals surface area (Å²) in [7, 11) is -3.11. The van der Waals surface area contributed by atoms with Gasteiger partial charge in [0.2, 0.25) is 10.0 Å². The van der Waals surface area contributed by atoms with Crippen LogP contribution in [0.1, 0.15) is 32.6 Å². The van der Waals surface area contributed by atoms with Crippen molar-refractivity contribution in [3.63, 3.8) is 0 Å². The zero-order chi connectivity index (χ0) is 11.3. The van der Waals surface area contributed by atoms with Crippen LogP contribution in [0.2, 0.25) is 0 Å². The summed E-state index contributed by atoms with van der Waals surface area (Å²) in [5, 5.41) is 0. The molecular formula is C10H20ClNO2S. The van der Waals surface area contributed by atoms with Crippen molar-refractivity contribution in [1.29, 1.82) is 0 Å². The van der Waals surface area contributed by atoms with Crippen LogP contribution in [-0.2, 0) is 10.0 Å². The lowest BCUT2D eigenvalue weighted by atomic mass is 10.1. The molecule has 1 atom stereocenters. The van der Waals surface area contributed by atoms with Gasteiger partial charge < -0.3 is 0 Å². The van der Waals surface area contributed by atoms with E-state index in [9.17, 15) is 8.42 Å². The maximum absolute atomic E-state index is 11.6. The predicted molar refractivity (Wildman–Crippen MR) is 63.6 cm³/mol. The van der Waals surface area contributed by atoms with Crippen LogP contribution in [-0.4, -0.2) is 26.6 Å². The molecule has 0 aliphatic heterocycles. The van der Waals surface area contributed by atoms with E-state index in [1.165, 1.54) is 12.8 Å². The van der Waals surface area contributed by atoms with E-state index in [-0.39, 0.29) is 11.7 Å². The molecule has 0 aromatic rings. The van der Waals surface area contributed by atoms with E-state index in [4.69, 9.17) is 11.6 Å². The Morgan fingerprint density at radius 3 is 2.53 bits per heavy atom. The Bertz CT molecular complexity index is 273. The summed E-state index contributed by atoms with van der Waals surface area (Å²) in [4.78, 5) is 0. The molecule has 15 heavy (non-hydrogen) atoms. The Hall–Kier alpha value is 0.200. The van der Waals surface area contributed by atoms with Gasteiger partial charge in [-0.2, -0.15) is 0 Å². The van der Waals surface area contributed by atoms with Crippen LogP contribution in [0.25, 0.3) is 0 Å². The van der Waals surface area contributed by atoms with Gasteiger partial charge in [0.15, 0.2) is 0 Å². The van der Waals surface area contributed by atoms with Gasteiger partial charge in [-0.05, 0) is 24.7 Å². The number of hydrogen-bond acceptors (Lipinski definition) is 2. The van der Waals surface area contributed by atoms with Crippen molar-refractivity contribution in [2.24, 2.45) is 11.8 Å². The summed E-state index contributed by atoms with van der Waals surface area (Å²) in [6.45, 7) is 2.46. The van der Waals surface area contributed by atoms with E-state index in [2.05, 4.69) is 4.72 Å². The molecule has 1 N–H and O–H groups in total. The van der Waals surface area contributed by atoms with Crippen LogP contribution < -0.4 is 4.72 Å². The zero-order valence-corrected chi connectivity index (χ0v) is 10.8. The van der Waals surface area contributed by atoms with E-state index in [0.717, 1.165) is 12.8 Å². The molecule has 5 heteroatoms. The van der Waals surface area contributed by atoms with Gasteiger partial charge in [-0.1, -0.05) is 19.8 Å². The molecule has 0 spiro atoms. The van der Waals surface area contributed by atoms with Gasteiger partial charge >= 0.3 is 0 Å². The molecule has 1 fully saturated rings. The van der Waals surface area contributed by atoms with Gasteiger partial charge in [-0.3, -0.25) is 0 Å². The fourth-order valence-corrected chi connectivity index (χ4v) is 3.65. The molecule has 1 rings (SSSR count). The highest BCUT2D eigenvalue weighted by Crippen LogP contribution is 2.23. The van der Waals surface area contributed by atoms with Crippen molar-refractivity contribution in [3.05, 3.63) is 0 Å². The smallest absolute Gasteiger partial charge is 0.211 e. The third-order valence-corrected chi connectivity index (χ3v) is 4.98. The number of sulfonamides is 1. The third kappa shape index (κ3) is 5.18. The van der Waals surface area contributed by atoms with Gasteiger partial charge in [0, 0.05) is 12.4 Å². The predicted octanol–water partition coefficient (Wildman–Crippen LogP) is 1.97. The molecule has 3 nitrogen and oxygen atoms in total. The van der Waals surface area contributed by atoms with Crippen molar-refractivity contribution in [2.45, 2.75) is 32.6 Å². The number of halogens is 1. The highest BCUT2D eigenvalue weighted by Gasteiger charge is 2.19. The molecule has 0 radical (unpaired) electrons. The second-order valence-electron chi connectivity index (χ2n) is 4.54. The monoisotopic (exact) mass is 253 g/mol. The zero-order valence-electron chi connectivity index (χ0n) is 9.21. The quantitative estimate of drug-likeness (QED) is 0.736. The maximum Gasteiger partial charge on any atom is 0.211 e. The Kier molecular flexibility index (Phi) is 5.36. The van der Waals surface area contributed by atoms with Crippen LogP contribution in [0, 0.1) is 11.8 Å². The van der Waals surface area contributed by atoms with Crippen molar-refractivity contribution < 1.29 is 8.42 Å². The minimum atomic E-state index is -3.11. The van der Waals surface area contributed by atoms with Crippen LogP contribution in [0.15, 0.2) is 0 Å². The minimum absolute atomic E-state index is 0.0211. The van der Waals surface area contributed by atoms with Crippen molar-refractivity contribution in [3.8, 4) is 0 Å². The second-order valence-corrected chi connectivity index (χ2v) is 6.70. The van der Waals surface area contributed by atoms with Crippen LogP contribution in [0.3, 0.4) is 0 Å². The number of alkyl halides is 1. The van der Waals surface area contributed by atoms with E-state index >= 15 is 0 Å². The summed E-state index contributed by atoms with van der Waals surface area (Å²) < 4.78 is 25.9. The van der Waals surface area contributed by atoms with Crippen LogP contribution >= 0.6 is 11.6 Å². The molecule has 1 saturated carbocycles. The van der Waals surface area contributed by atoms with E-state index in [0.29, 0.717) is 18.3 Å². The Labute approximate surface area is 97.6 Å². The first-order chi connectivity index (χ1) is 7.03. The largest absolute Gasteiger partial charge is 0.215 e. The SMILES string of the molecule is CC(CCl)CS(=O)(=O)NCC1CCCC1. The molecular weight excluding hydrogens is 234 g/mol. The average molecular weight is 254 g/mol. The summed E-state index contributed by atoms with van der Waals surface area (Å²) in [6, 6.07) is 0. The summed E-state index contributed by atoms with van der Waals surface area (Å²) >= 11 is 5.59. The van der Waals surface area contributed by atoms with Gasteiger partial charge in [0.25, 0.3) is 0 Å². The van der Waals surface area contributed by atoms with E-state index in [1.807, 2.05) is 6.92 Å². The Morgan fingerprint density at radius 2 is 2.00 bits per heavy atom. The molecule has 1 unspecified atom stereocenters. The molecule has 90 valence electrons. The third-order valence-electron chi connectivity index (χ3n) is 2.83. The van der Waals surface area contributed by atoms with Gasteiger partial charge in [0.05, 0.1) is 5.75 Å². The molecule has 0 bridgehead atoms. The number of rotatable bonds is 6. The van der Waals surface area contributed by atoms with Gasteiger partial charge in [0.1, 0.15) is 0 Å². The maximum atomic E-state index is 11.6. The first kappa shape index (κ1) is 13.3. The Balaban J connectivity index is 2.29. The normalized spacial score (nSPS) is 20.7. The summed E-state index contributed by atoms with van der Waals surface area (Å²) in [6.07, 6.45) is 4.80. The van der Waals surface area contributed by atoms with Crippen molar-refractivity contribution >= 4 is 21.6 Å². The molecule has 1 aliphatic carbocycles. The lowest BCUT2D eigenvalue weighted by molar-refractivity contribution is 0.515. The molecule has 0 saturated heterocycles. The highest BCUT2D eigenvalue weighted by molar-refractivity contribution is 7.89. The molecule has 1 aliphatic rings. The van der Waals surface area contributed by atoms with Gasteiger partial charge in [-0.25, -0.2) is 13.1 Å². The topological polar surface area (TPSA) is 46.2 Å². The summed E-state index contributed by atoms with van der Waals surface area (Å²) in [5.41, 5.74) is 0. The highest BCUT2D eigenvalue weighted by atomic mass is 35.5. The second kappa shape index (κ2) is 6.06. The lowest BCUT2D eigenvalue weighted by Crippen LogP contribution is -2.32. The van der Waals surface area contributed by atoms with Crippen LogP contribution in [0.4, 0.5) is 0 Å². The summed E-state index contributed by atoms with van der Waals surface area (Å²) in [5.74, 6) is 1.10. The molecule has 0 aromatic carbocycles. The molecule has 0 aromatic heterocycles. The lowest BCUT2D eigenvalue weighted by Gasteiger charge is -2.13. The first-order valence-corrected chi connectivity index (χ1v) is 7.75. The molecule has 0 amide bonds. The average Bonchev–Trinajstić information content (AvgIpc) is 2.66. The number of hydrogen-bond donors (Lipinski definition) is 1.